The maximum atomic E-state index is 12.0. The number of aryl methyl sites for hydroxylation is 1. The summed E-state index contributed by atoms with van der Waals surface area (Å²) >= 11 is 0. The molecule has 0 radical (unpaired) electrons. The molecule has 120 valence electrons. The van der Waals surface area contributed by atoms with Crippen LogP contribution in [0.4, 0.5) is 5.69 Å². The smallest absolute Gasteiger partial charge is 0.351 e. The number of hydrogen-bond acceptors (Lipinski definition) is 8. The van der Waals surface area contributed by atoms with Crippen LogP contribution in [0, 0.1) is 6.92 Å². The van der Waals surface area contributed by atoms with Crippen molar-refractivity contribution in [1.29, 1.82) is 0 Å². The van der Waals surface area contributed by atoms with E-state index in [1.807, 2.05) is 0 Å². The normalized spacial score (nSPS) is 10.9. The lowest BCUT2D eigenvalue weighted by molar-refractivity contribution is -0.268. The third kappa shape index (κ3) is 3.57. The molecule has 0 unspecified atom stereocenters. The molecule has 0 saturated heterocycles. The number of carbonyl (C=O) groups is 1. The van der Waals surface area contributed by atoms with E-state index in [4.69, 9.17) is 14.8 Å². The molecule has 8 nitrogen and oxygen atoms in total. The number of hydrogen-bond donors (Lipinski definition) is 3. The van der Waals surface area contributed by atoms with Crippen LogP contribution in [0.3, 0.4) is 0 Å². The van der Waals surface area contributed by atoms with Crippen LogP contribution in [0.15, 0.2) is 39.6 Å². The summed E-state index contributed by atoms with van der Waals surface area (Å²) in [4.78, 5) is 23.6. The molecule has 0 aliphatic rings. The highest BCUT2D eigenvalue weighted by Gasteiger charge is 2.15. The summed E-state index contributed by atoms with van der Waals surface area (Å²) in [6.45, 7) is 1.45. The zero-order valence-corrected chi connectivity index (χ0v) is 11.9. The first-order chi connectivity index (χ1) is 10.8. The van der Waals surface area contributed by atoms with Gasteiger partial charge in [0.25, 0.3) is 0 Å². The number of rotatable bonds is 4. The first-order valence-electron chi connectivity index (χ1n) is 6.34. The van der Waals surface area contributed by atoms with Gasteiger partial charge in [0.2, 0.25) is 0 Å². The molecule has 0 atom stereocenters. The van der Waals surface area contributed by atoms with E-state index in [-0.39, 0.29) is 11.0 Å². The van der Waals surface area contributed by atoms with Crippen LogP contribution in [0.1, 0.15) is 21.7 Å². The van der Waals surface area contributed by atoms with Gasteiger partial charge in [0.05, 0.1) is 5.69 Å². The van der Waals surface area contributed by atoms with Gasteiger partial charge in [-0.15, -0.1) is 5.23 Å². The van der Waals surface area contributed by atoms with Crippen LogP contribution in [0.25, 0.3) is 6.08 Å². The zero-order chi connectivity index (χ0) is 17.1. The van der Waals surface area contributed by atoms with E-state index >= 15 is 0 Å². The minimum atomic E-state index is -0.968. The van der Waals surface area contributed by atoms with Crippen molar-refractivity contribution in [3.8, 4) is 11.5 Å². The average molecular weight is 318 g/mol. The van der Waals surface area contributed by atoms with Crippen LogP contribution in [0.2, 0.25) is 0 Å². The van der Waals surface area contributed by atoms with Crippen molar-refractivity contribution in [2.45, 2.75) is 6.92 Å². The van der Waals surface area contributed by atoms with Crippen molar-refractivity contribution in [2.24, 2.45) is 0 Å². The van der Waals surface area contributed by atoms with E-state index in [2.05, 4.69) is 0 Å². The predicted octanol–water partition coefficient (Wildman–Crippen LogP) is 1.21. The SMILES string of the molecule is Cc1cc(O)c(C(=O)C=Cc2ccc([O-])c(N(O)O)c2)c(=O)o1. The standard InChI is InChI=1S/C15H13NO7/c1-8-6-13(19)14(15(20)23-8)12(18)5-3-9-2-4-11(17)10(7-9)16(21)22/h2-7,17,19,21-22H,1H3/p-1. The second-order valence-corrected chi connectivity index (χ2v) is 4.62. The zero-order valence-electron chi connectivity index (χ0n) is 11.9. The molecule has 0 aliphatic carbocycles. The Labute approximate surface area is 129 Å². The fourth-order valence-corrected chi connectivity index (χ4v) is 1.87. The van der Waals surface area contributed by atoms with Crippen molar-refractivity contribution >= 4 is 17.5 Å². The van der Waals surface area contributed by atoms with E-state index in [0.29, 0.717) is 5.56 Å². The second-order valence-electron chi connectivity index (χ2n) is 4.62. The molecule has 3 N–H and O–H groups in total. The summed E-state index contributed by atoms with van der Waals surface area (Å²) in [5.74, 6) is -1.76. The minimum absolute atomic E-state index is 0.162. The van der Waals surface area contributed by atoms with E-state index in [1.54, 1.807) is 0 Å². The molecular formula is C15H12NO7-. The summed E-state index contributed by atoms with van der Waals surface area (Å²) in [6.07, 6.45) is 2.23. The Bertz CT molecular complexity index is 836. The van der Waals surface area contributed by atoms with Gasteiger partial charge in [0, 0.05) is 6.07 Å². The van der Waals surface area contributed by atoms with E-state index in [0.717, 1.165) is 24.3 Å². The summed E-state index contributed by atoms with van der Waals surface area (Å²) < 4.78 is 4.74. The first kappa shape index (κ1) is 16.3. The number of allylic oxidation sites excluding steroid dienone is 1. The van der Waals surface area contributed by atoms with Crippen molar-refractivity contribution < 1.29 is 29.8 Å². The number of carbonyl (C=O) groups excluding carboxylic acids is 1. The lowest BCUT2D eigenvalue weighted by atomic mass is 10.1. The molecule has 0 spiro atoms. The van der Waals surface area contributed by atoms with Crippen LogP contribution < -0.4 is 16.0 Å². The molecule has 0 aliphatic heterocycles. The number of anilines is 1. The Morgan fingerprint density at radius 3 is 2.61 bits per heavy atom. The second kappa shape index (κ2) is 6.34. The monoisotopic (exact) mass is 318 g/mol. The number of aromatic hydroxyl groups is 1. The first-order valence-corrected chi connectivity index (χ1v) is 6.34. The van der Waals surface area contributed by atoms with Gasteiger partial charge < -0.3 is 14.6 Å². The fraction of sp³-hybridized carbons (Fsp3) is 0.0667. The molecule has 2 rings (SSSR count). The maximum Gasteiger partial charge on any atom is 0.351 e. The highest BCUT2D eigenvalue weighted by Crippen LogP contribution is 2.24. The number of ketones is 1. The molecule has 2 aromatic rings. The van der Waals surface area contributed by atoms with E-state index < -0.39 is 34.2 Å². The minimum Gasteiger partial charge on any atom is -0.871 e. The largest absolute Gasteiger partial charge is 0.871 e. The fourth-order valence-electron chi connectivity index (χ4n) is 1.87. The lowest BCUT2D eigenvalue weighted by Gasteiger charge is -2.17. The summed E-state index contributed by atoms with van der Waals surface area (Å²) in [6, 6.07) is 4.69. The van der Waals surface area contributed by atoms with Gasteiger partial charge in [0.15, 0.2) is 5.78 Å². The third-order valence-corrected chi connectivity index (χ3v) is 2.93. The number of benzene rings is 1. The maximum absolute atomic E-state index is 12.0. The third-order valence-electron chi connectivity index (χ3n) is 2.93. The Kier molecular flexibility index (Phi) is 4.49. The molecule has 0 saturated carbocycles. The average Bonchev–Trinajstić information content (AvgIpc) is 2.45. The van der Waals surface area contributed by atoms with E-state index in [1.165, 1.54) is 19.1 Å². The van der Waals surface area contributed by atoms with Gasteiger partial charge in [0.1, 0.15) is 17.1 Å². The molecule has 8 heteroatoms. The molecule has 0 bridgehead atoms. The lowest BCUT2D eigenvalue weighted by Crippen LogP contribution is -2.14. The predicted molar refractivity (Wildman–Crippen MR) is 76.7 cm³/mol. The summed E-state index contributed by atoms with van der Waals surface area (Å²) in [5, 5.41) is 38.5. The molecular weight excluding hydrogens is 306 g/mol. The number of nitrogens with zero attached hydrogens (tertiary/aromatic N) is 1. The van der Waals surface area contributed by atoms with Gasteiger partial charge in [-0.25, -0.2) is 4.79 Å². The topological polar surface area (TPSA) is 134 Å². The molecule has 1 aromatic carbocycles. The van der Waals surface area contributed by atoms with Gasteiger partial charge in [-0.3, -0.25) is 15.2 Å². The summed E-state index contributed by atoms with van der Waals surface area (Å²) in [5.41, 5.74) is -1.59. The Balaban J connectivity index is 2.33. The molecule has 1 aromatic heterocycles. The summed E-state index contributed by atoms with van der Waals surface area (Å²) in [7, 11) is 0. The Morgan fingerprint density at radius 2 is 2.00 bits per heavy atom. The van der Waals surface area contributed by atoms with Crippen molar-refractivity contribution in [3.63, 3.8) is 0 Å². The van der Waals surface area contributed by atoms with Crippen LogP contribution in [0.5, 0.6) is 11.5 Å². The highest BCUT2D eigenvalue weighted by atomic mass is 16.8. The van der Waals surface area contributed by atoms with Crippen LogP contribution in [-0.2, 0) is 0 Å². The van der Waals surface area contributed by atoms with Crippen molar-refractivity contribution in [3.05, 3.63) is 57.6 Å². The quantitative estimate of drug-likeness (QED) is 0.435. The van der Waals surface area contributed by atoms with Crippen LogP contribution in [-0.4, -0.2) is 21.3 Å². The van der Waals surface area contributed by atoms with Gasteiger partial charge in [-0.05, 0) is 24.6 Å². The Hall–Kier alpha value is -3.10. The molecule has 23 heavy (non-hydrogen) atoms. The van der Waals surface area contributed by atoms with Gasteiger partial charge >= 0.3 is 5.63 Å². The molecule has 0 fully saturated rings. The van der Waals surface area contributed by atoms with Crippen molar-refractivity contribution in [1.82, 2.24) is 0 Å². The molecule has 0 amide bonds. The molecule has 1 heterocycles. The van der Waals surface area contributed by atoms with Crippen LogP contribution >= 0.6 is 0 Å². The van der Waals surface area contributed by atoms with E-state index in [9.17, 15) is 19.8 Å². The van der Waals surface area contributed by atoms with Gasteiger partial charge in [-0.2, -0.15) is 0 Å². The highest BCUT2D eigenvalue weighted by molar-refractivity contribution is 6.08. The Morgan fingerprint density at radius 1 is 1.30 bits per heavy atom. The van der Waals surface area contributed by atoms with Gasteiger partial charge in [-0.1, -0.05) is 24.0 Å². The van der Waals surface area contributed by atoms with Crippen molar-refractivity contribution in [2.75, 3.05) is 5.23 Å².